The minimum Gasteiger partial charge on any atom is -0.311 e. The number of benzene rings is 2. The number of para-hydroxylation sites is 1. The molecule has 2 aromatic carbocycles. The van der Waals surface area contributed by atoms with Gasteiger partial charge in [-0.3, -0.25) is 9.59 Å². The Morgan fingerprint density at radius 3 is 2.56 bits per heavy atom. The van der Waals surface area contributed by atoms with Crippen LogP contribution < -0.4 is 10.5 Å². The minimum atomic E-state index is -0.241. The molecule has 1 aromatic heterocycles. The van der Waals surface area contributed by atoms with E-state index in [4.69, 9.17) is 0 Å². The zero-order valence-corrected chi connectivity index (χ0v) is 14.3. The van der Waals surface area contributed by atoms with Crippen LogP contribution in [-0.2, 0) is 11.3 Å². The van der Waals surface area contributed by atoms with Gasteiger partial charge < -0.3 is 4.90 Å². The number of nitrogens with zero attached hydrogens (tertiary/aromatic N) is 3. The minimum absolute atomic E-state index is 0.0672. The molecule has 0 unspecified atom stereocenters. The van der Waals surface area contributed by atoms with Crippen molar-refractivity contribution >= 4 is 22.4 Å². The molecule has 128 valence electrons. The van der Waals surface area contributed by atoms with Gasteiger partial charge in [-0.1, -0.05) is 49.7 Å². The number of rotatable bonds is 6. The van der Waals surface area contributed by atoms with Gasteiger partial charge in [-0.2, -0.15) is 5.10 Å². The van der Waals surface area contributed by atoms with Crippen LogP contribution in [-0.4, -0.2) is 22.2 Å². The largest absolute Gasteiger partial charge is 0.311 e. The maximum atomic E-state index is 12.8. The van der Waals surface area contributed by atoms with E-state index in [-0.39, 0.29) is 18.0 Å². The molecular formula is C20H21N3O2. The van der Waals surface area contributed by atoms with E-state index in [1.165, 1.54) is 4.68 Å². The maximum Gasteiger partial charge on any atom is 0.275 e. The van der Waals surface area contributed by atoms with Crippen LogP contribution in [0.15, 0.2) is 65.6 Å². The second-order valence-corrected chi connectivity index (χ2v) is 5.93. The van der Waals surface area contributed by atoms with E-state index in [0.717, 1.165) is 23.9 Å². The van der Waals surface area contributed by atoms with E-state index in [2.05, 4.69) is 12.0 Å². The van der Waals surface area contributed by atoms with Gasteiger partial charge in [-0.25, -0.2) is 4.68 Å². The summed E-state index contributed by atoms with van der Waals surface area (Å²) in [5.41, 5.74) is 0.602. The number of aromatic nitrogens is 2. The number of hydrogen-bond acceptors (Lipinski definition) is 3. The van der Waals surface area contributed by atoms with Crippen molar-refractivity contribution in [1.82, 2.24) is 9.78 Å². The highest BCUT2D eigenvalue weighted by molar-refractivity contribution is 5.93. The van der Waals surface area contributed by atoms with Gasteiger partial charge in [-0.05, 0) is 24.6 Å². The van der Waals surface area contributed by atoms with Gasteiger partial charge in [-0.15, -0.1) is 0 Å². The molecule has 0 spiro atoms. The standard InChI is InChI=1S/C20H21N3O2/c1-2-3-13-22(17-10-5-4-6-11-17)19(24)15-23-20(25)18-12-8-7-9-16(18)14-21-23/h4-12,14H,2-3,13,15H2,1H3. The quantitative estimate of drug-likeness (QED) is 0.695. The van der Waals surface area contributed by atoms with E-state index in [1.807, 2.05) is 48.5 Å². The average molecular weight is 335 g/mol. The number of fused-ring (bicyclic) bond motifs is 1. The van der Waals surface area contributed by atoms with Crippen LogP contribution in [0.1, 0.15) is 19.8 Å². The average Bonchev–Trinajstić information content (AvgIpc) is 2.65. The number of anilines is 1. The van der Waals surface area contributed by atoms with E-state index in [1.54, 1.807) is 17.2 Å². The summed E-state index contributed by atoms with van der Waals surface area (Å²) in [5.74, 6) is -0.135. The molecule has 0 radical (unpaired) electrons. The smallest absolute Gasteiger partial charge is 0.275 e. The van der Waals surface area contributed by atoms with Gasteiger partial charge in [0.05, 0.1) is 11.6 Å². The second kappa shape index (κ2) is 7.75. The first kappa shape index (κ1) is 16.9. The maximum absolute atomic E-state index is 12.8. The van der Waals surface area contributed by atoms with Crippen LogP contribution in [0.25, 0.3) is 10.8 Å². The van der Waals surface area contributed by atoms with Crippen molar-refractivity contribution in [3.63, 3.8) is 0 Å². The molecule has 3 aromatic rings. The fraction of sp³-hybridized carbons (Fsp3) is 0.250. The molecular weight excluding hydrogens is 314 g/mol. The zero-order valence-electron chi connectivity index (χ0n) is 14.3. The Morgan fingerprint density at radius 1 is 1.08 bits per heavy atom. The molecule has 1 amide bonds. The highest BCUT2D eigenvalue weighted by Gasteiger charge is 2.17. The lowest BCUT2D eigenvalue weighted by Crippen LogP contribution is -2.38. The van der Waals surface area contributed by atoms with Crippen molar-refractivity contribution in [3.05, 3.63) is 71.1 Å². The molecule has 0 fully saturated rings. The summed E-state index contributed by atoms with van der Waals surface area (Å²) in [6.45, 7) is 2.65. The van der Waals surface area contributed by atoms with Crippen molar-refractivity contribution in [1.29, 1.82) is 0 Å². The van der Waals surface area contributed by atoms with Gasteiger partial charge in [0.1, 0.15) is 6.54 Å². The number of carbonyl (C=O) groups excluding carboxylic acids is 1. The van der Waals surface area contributed by atoms with Crippen molar-refractivity contribution < 1.29 is 4.79 Å². The normalized spacial score (nSPS) is 10.8. The molecule has 0 bridgehead atoms. The molecule has 0 aliphatic heterocycles. The SMILES string of the molecule is CCCCN(C(=O)Cn1ncc2ccccc2c1=O)c1ccccc1. The monoisotopic (exact) mass is 335 g/mol. The summed E-state index contributed by atoms with van der Waals surface area (Å²) in [5, 5.41) is 5.51. The number of hydrogen-bond donors (Lipinski definition) is 0. The van der Waals surface area contributed by atoms with E-state index in [0.29, 0.717) is 11.9 Å². The molecule has 25 heavy (non-hydrogen) atoms. The van der Waals surface area contributed by atoms with Crippen LogP contribution in [0.3, 0.4) is 0 Å². The fourth-order valence-corrected chi connectivity index (χ4v) is 2.78. The highest BCUT2D eigenvalue weighted by Crippen LogP contribution is 2.15. The van der Waals surface area contributed by atoms with Gasteiger partial charge in [0, 0.05) is 17.6 Å². The third kappa shape index (κ3) is 3.76. The second-order valence-electron chi connectivity index (χ2n) is 5.93. The van der Waals surface area contributed by atoms with Crippen LogP contribution in [0.2, 0.25) is 0 Å². The Kier molecular flexibility index (Phi) is 5.23. The fourth-order valence-electron chi connectivity index (χ4n) is 2.78. The highest BCUT2D eigenvalue weighted by atomic mass is 16.2. The molecule has 1 heterocycles. The Bertz CT molecular complexity index is 919. The summed E-state index contributed by atoms with van der Waals surface area (Å²) in [6, 6.07) is 16.8. The van der Waals surface area contributed by atoms with Crippen LogP contribution in [0.4, 0.5) is 5.69 Å². The topological polar surface area (TPSA) is 55.2 Å². The Morgan fingerprint density at radius 2 is 1.80 bits per heavy atom. The first-order valence-corrected chi connectivity index (χ1v) is 8.51. The summed E-state index contributed by atoms with van der Waals surface area (Å²) in [4.78, 5) is 27.1. The molecule has 0 atom stereocenters. The molecule has 0 saturated carbocycles. The summed E-state index contributed by atoms with van der Waals surface area (Å²) >= 11 is 0. The van der Waals surface area contributed by atoms with Crippen molar-refractivity contribution in [2.24, 2.45) is 0 Å². The molecule has 0 aliphatic carbocycles. The lowest BCUT2D eigenvalue weighted by molar-refractivity contribution is -0.119. The molecule has 0 saturated heterocycles. The Labute approximate surface area is 146 Å². The summed E-state index contributed by atoms with van der Waals surface area (Å²) in [6.07, 6.45) is 3.52. The van der Waals surface area contributed by atoms with E-state index in [9.17, 15) is 9.59 Å². The lowest BCUT2D eigenvalue weighted by atomic mass is 10.2. The molecule has 5 nitrogen and oxygen atoms in total. The van der Waals surface area contributed by atoms with Crippen LogP contribution in [0.5, 0.6) is 0 Å². The zero-order chi connectivity index (χ0) is 17.6. The Balaban J connectivity index is 1.88. The van der Waals surface area contributed by atoms with Gasteiger partial charge in [0.2, 0.25) is 5.91 Å². The lowest BCUT2D eigenvalue weighted by Gasteiger charge is -2.23. The van der Waals surface area contributed by atoms with Crippen molar-refractivity contribution in [3.8, 4) is 0 Å². The Hall–Kier alpha value is -2.95. The predicted molar refractivity (Wildman–Crippen MR) is 99.7 cm³/mol. The number of amides is 1. The van der Waals surface area contributed by atoms with E-state index < -0.39 is 0 Å². The molecule has 3 rings (SSSR count). The predicted octanol–water partition coefficient (Wildman–Crippen LogP) is 3.23. The third-order valence-electron chi connectivity index (χ3n) is 4.15. The van der Waals surface area contributed by atoms with Crippen LogP contribution >= 0.6 is 0 Å². The molecule has 0 aliphatic rings. The molecule has 5 heteroatoms. The number of unbranched alkanes of at least 4 members (excludes halogenated alkanes) is 1. The first-order valence-electron chi connectivity index (χ1n) is 8.51. The summed E-state index contributed by atoms with van der Waals surface area (Å²) in [7, 11) is 0. The summed E-state index contributed by atoms with van der Waals surface area (Å²) < 4.78 is 1.24. The third-order valence-corrected chi connectivity index (χ3v) is 4.15. The van der Waals surface area contributed by atoms with Crippen molar-refractivity contribution in [2.75, 3.05) is 11.4 Å². The number of carbonyl (C=O) groups is 1. The van der Waals surface area contributed by atoms with E-state index >= 15 is 0 Å². The van der Waals surface area contributed by atoms with Gasteiger partial charge in [0.15, 0.2) is 0 Å². The van der Waals surface area contributed by atoms with Gasteiger partial charge >= 0.3 is 0 Å². The van der Waals surface area contributed by atoms with Gasteiger partial charge in [0.25, 0.3) is 5.56 Å². The molecule has 0 N–H and O–H groups in total. The van der Waals surface area contributed by atoms with Crippen LogP contribution in [0, 0.1) is 0 Å². The first-order chi connectivity index (χ1) is 12.2. The van der Waals surface area contributed by atoms with Crippen molar-refractivity contribution in [2.45, 2.75) is 26.3 Å².